The zero-order valence-electron chi connectivity index (χ0n) is 13.2. The smallest absolute Gasteiger partial charge is 0.262 e. The summed E-state index contributed by atoms with van der Waals surface area (Å²) in [6.07, 6.45) is 2.51. The predicted octanol–water partition coefficient (Wildman–Crippen LogP) is 1.66. The topological polar surface area (TPSA) is 67.9 Å². The number of halogens is 1. The van der Waals surface area contributed by atoms with E-state index in [4.69, 9.17) is 9.47 Å². The van der Waals surface area contributed by atoms with E-state index in [0.717, 1.165) is 18.6 Å². The van der Waals surface area contributed by atoms with Gasteiger partial charge in [-0.15, -0.1) is 0 Å². The first-order chi connectivity index (χ1) is 11.6. The van der Waals surface area contributed by atoms with Gasteiger partial charge in [0.2, 0.25) is 0 Å². The van der Waals surface area contributed by atoms with Gasteiger partial charge in [0.05, 0.1) is 17.9 Å². The SMILES string of the molecule is O=C1COc2cc(F)c(C(=O)N3CC(COCC4CC4)C3)cc2N1. The Morgan fingerprint density at radius 3 is 2.79 bits per heavy atom. The van der Waals surface area contributed by atoms with Crippen LogP contribution in [0.5, 0.6) is 5.75 Å². The van der Waals surface area contributed by atoms with Crippen LogP contribution in [0.4, 0.5) is 10.1 Å². The lowest BCUT2D eigenvalue weighted by molar-refractivity contribution is -0.118. The Balaban J connectivity index is 1.36. The van der Waals surface area contributed by atoms with Crippen LogP contribution in [-0.2, 0) is 9.53 Å². The Labute approximate surface area is 138 Å². The van der Waals surface area contributed by atoms with E-state index in [0.29, 0.717) is 31.3 Å². The summed E-state index contributed by atoms with van der Waals surface area (Å²) in [5.74, 6) is -0.0268. The van der Waals surface area contributed by atoms with E-state index >= 15 is 0 Å². The summed E-state index contributed by atoms with van der Waals surface area (Å²) in [6, 6.07) is 2.50. The van der Waals surface area contributed by atoms with Crippen LogP contribution in [0.3, 0.4) is 0 Å². The highest BCUT2D eigenvalue weighted by Crippen LogP contribution is 2.32. The number of hydrogen-bond acceptors (Lipinski definition) is 4. The Bertz CT molecular complexity index is 683. The number of rotatable bonds is 5. The normalized spacial score (nSPS) is 20.0. The summed E-state index contributed by atoms with van der Waals surface area (Å²) in [5.41, 5.74) is 0.290. The van der Waals surface area contributed by atoms with Gasteiger partial charge in [0.25, 0.3) is 11.8 Å². The second-order valence-electron chi connectivity index (χ2n) is 6.72. The average molecular weight is 334 g/mol. The van der Waals surface area contributed by atoms with Crippen LogP contribution >= 0.6 is 0 Å². The van der Waals surface area contributed by atoms with Gasteiger partial charge in [0, 0.05) is 31.7 Å². The van der Waals surface area contributed by atoms with Crippen LogP contribution in [-0.4, -0.2) is 49.6 Å². The molecule has 0 radical (unpaired) electrons. The van der Waals surface area contributed by atoms with Gasteiger partial charge >= 0.3 is 0 Å². The average Bonchev–Trinajstić information content (AvgIpc) is 3.33. The van der Waals surface area contributed by atoms with Crippen molar-refractivity contribution >= 4 is 17.5 Å². The number of nitrogens with zero attached hydrogens (tertiary/aromatic N) is 1. The summed E-state index contributed by atoms with van der Waals surface area (Å²) in [6.45, 7) is 2.46. The van der Waals surface area contributed by atoms with E-state index in [1.54, 1.807) is 4.90 Å². The Morgan fingerprint density at radius 1 is 1.29 bits per heavy atom. The molecule has 1 saturated carbocycles. The number of fused-ring (bicyclic) bond motifs is 1. The van der Waals surface area contributed by atoms with Crippen LogP contribution in [0.15, 0.2) is 12.1 Å². The van der Waals surface area contributed by atoms with Crippen molar-refractivity contribution in [3.63, 3.8) is 0 Å². The van der Waals surface area contributed by atoms with Crippen molar-refractivity contribution in [1.29, 1.82) is 0 Å². The summed E-state index contributed by atoms with van der Waals surface area (Å²) < 4.78 is 25.0. The first kappa shape index (κ1) is 15.4. The van der Waals surface area contributed by atoms with Crippen molar-refractivity contribution in [2.24, 2.45) is 11.8 Å². The molecule has 0 spiro atoms. The molecule has 4 rings (SSSR count). The lowest BCUT2D eigenvalue weighted by Gasteiger charge is -2.39. The van der Waals surface area contributed by atoms with Crippen LogP contribution in [0.1, 0.15) is 23.2 Å². The lowest BCUT2D eigenvalue weighted by Crippen LogP contribution is -2.51. The maximum atomic E-state index is 14.2. The minimum atomic E-state index is -0.636. The van der Waals surface area contributed by atoms with Gasteiger partial charge in [0.15, 0.2) is 6.61 Å². The van der Waals surface area contributed by atoms with Gasteiger partial charge in [-0.1, -0.05) is 0 Å². The third-order valence-corrected chi connectivity index (χ3v) is 4.58. The molecule has 1 aromatic carbocycles. The molecule has 3 aliphatic rings. The van der Waals surface area contributed by atoms with Crippen LogP contribution in [0.2, 0.25) is 0 Å². The number of amides is 2. The molecule has 2 amide bonds. The Hall–Kier alpha value is -2.15. The maximum absolute atomic E-state index is 14.2. The predicted molar refractivity (Wildman–Crippen MR) is 83.5 cm³/mol. The fourth-order valence-electron chi connectivity index (χ4n) is 2.96. The molecule has 2 aliphatic heterocycles. The highest BCUT2D eigenvalue weighted by atomic mass is 19.1. The molecule has 1 aliphatic carbocycles. The van der Waals surface area contributed by atoms with Crippen molar-refractivity contribution in [1.82, 2.24) is 4.90 Å². The van der Waals surface area contributed by atoms with Crippen molar-refractivity contribution < 1.29 is 23.5 Å². The van der Waals surface area contributed by atoms with E-state index in [-0.39, 0.29) is 29.7 Å². The van der Waals surface area contributed by atoms with Crippen LogP contribution in [0, 0.1) is 17.7 Å². The highest BCUT2D eigenvalue weighted by molar-refractivity contribution is 6.00. The second kappa shape index (κ2) is 6.05. The number of carbonyl (C=O) groups excluding carboxylic acids is 2. The molecule has 6 nitrogen and oxygen atoms in total. The molecule has 1 aromatic rings. The monoisotopic (exact) mass is 334 g/mol. The standard InChI is InChI=1S/C17H19FN2O4/c18-13-4-15-14(19-16(21)9-24-15)3-12(13)17(22)20-5-11(6-20)8-23-7-10-1-2-10/h3-4,10-11H,1-2,5-9H2,(H,19,21). The molecular weight excluding hydrogens is 315 g/mol. The number of carbonyl (C=O) groups is 2. The Morgan fingerprint density at radius 2 is 2.04 bits per heavy atom. The van der Waals surface area contributed by atoms with Gasteiger partial charge < -0.3 is 19.7 Å². The fraction of sp³-hybridized carbons (Fsp3) is 0.529. The molecule has 2 fully saturated rings. The molecule has 0 unspecified atom stereocenters. The van der Waals surface area contributed by atoms with Gasteiger partial charge in [0.1, 0.15) is 11.6 Å². The largest absolute Gasteiger partial charge is 0.481 e. The van der Waals surface area contributed by atoms with E-state index in [2.05, 4.69) is 5.32 Å². The quantitative estimate of drug-likeness (QED) is 0.889. The molecule has 1 saturated heterocycles. The number of benzene rings is 1. The summed E-state index contributed by atoms with van der Waals surface area (Å²) in [4.78, 5) is 25.4. The van der Waals surface area contributed by atoms with Crippen molar-refractivity contribution in [3.05, 3.63) is 23.5 Å². The number of hydrogen-bond donors (Lipinski definition) is 1. The number of likely N-dealkylation sites (tertiary alicyclic amines) is 1. The molecule has 128 valence electrons. The first-order valence-corrected chi connectivity index (χ1v) is 8.23. The summed E-state index contributed by atoms with van der Waals surface area (Å²) in [5, 5.41) is 2.59. The molecule has 0 aromatic heterocycles. The van der Waals surface area contributed by atoms with Crippen molar-refractivity contribution in [2.75, 3.05) is 38.2 Å². The van der Waals surface area contributed by atoms with Crippen LogP contribution in [0.25, 0.3) is 0 Å². The van der Waals surface area contributed by atoms with Gasteiger partial charge in [-0.3, -0.25) is 9.59 Å². The highest BCUT2D eigenvalue weighted by Gasteiger charge is 2.34. The van der Waals surface area contributed by atoms with Gasteiger partial charge in [-0.05, 0) is 24.8 Å². The number of ether oxygens (including phenoxy) is 2. The third kappa shape index (κ3) is 3.08. The molecule has 24 heavy (non-hydrogen) atoms. The molecule has 2 heterocycles. The lowest BCUT2D eigenvalue weighted by atomic mass is 9.99. The minimum Gasteiger partial charge on any atom is -0.481 e. The van der Waals surface area contributed by atoms with Gasteiger partial charge in [-0.25, -0.2) is 4.39 Å². The van der Waals surface area contributed by atoms with E-state index in [1.807, 2.05) is 0 Å². The Kier molecular flexibility index (Phi) is 3.88. The van der Waals surface area contributed by atoms with Crippen molar-refractivity contribution in [2.45, 2.75) is 12.8 Å². The maximum Gasteiger partial charge on any atom is 0.262 e. The second-order valence-corrected chi connectivity index (χ2v) is 6.72. The minimum absolute atomic E-state index is 0.0445. The molecule has 0 bridgehead atoms. The first-order valence-electron chi connectivity index (χ1n) is 8.23. The van der Waals surface area contributed by atoms with Crippen LogP contribution < -0.4 is 10.1 Å². The zero-order valence-corrected chi connectivity index (χ0v) is 13.2. The molecule has 7 heteroatoms. The number of nitrogens with one attached hydrogen (secondary N) is 1. The molecule has 0 atom stereocenters. The van der Waals surface area contributed by atoms with E-state index in [1.165, 1.54) is 18.9 Å². The third-order valence-electron chi connectivity index (χ3n) is 4.58. The summed E-state index contributed by atoms with van der Waals surface area (Å²) in [7, 11) is 0. The van der Waals surface area contributed by atoms with Gasteiger partial charge in [-0.2, -0.15) is 0 Å². The summed E-state index contributed by atoms with van der Waals surface area (Å²) >= 11 is 0. The number of anilines is 1. The molecular formula is C17H19FN2O4. The fourth-order valence-corrected chi connectivity index (χ4v) is 2.96. The molecule has 1 N–H and O–H groups in total. The zero-order chi connectivity index (χ0) is 16.7. The van der Waals surface area contributed by atoms with E-state index < -0.39 is 5.82 Å². The van der Waals surface area contributed by atoms with Crippen molar-refractivity contribution in [3.8, 4) is 5.75 Å². The van der Waals surface area contributed by atoms with E-state index in [9.17, 15) is 14.0 Å².